The molecule has 0 fully saturated rings. The van der Waals surface area contributed by atoms with E-state index in [1.54, 1.807) is 12.1 Å². The number of halogens is 2. The standard InChI is InChI=1S/C10H10F2O2/c1-14-8-4-2-7(3-5-8)9(6-13)10(11)12/h2-5,13H,6H2,1H3. The van der Waals surface area contributed by atoms with Gasteiger partial charge >= 0.3 is 0 Å². The fourth-order valence-electron chi connectivity index (χ4n) is 1.05. The third-order valence-corrected chi connectivity index (χ3v) is 1.82. The monoisotopic (exact) mass is 200 g/mol. The molecule has 0 saturated carbocycles. The number of aliphatic hydroxyl groups is 1. The number of hydrogen-bond acceptors (Lipinski definition) is 2. The Morgan fingerprint density at radius 3 is 2.21 bits per heavy atom. The van der Waals surface area contributed by atoms with Crippen LogP contribution in [0.3, 0.4) is 0 Å². The zero-order valence-corrected chi connectivity index (χ0v) is 7.63. The normalized spacial score (nSPS) is 9.71. The lowest BCUT2D eigenvalue weighted by molar-refractivity contribution is 0.337. The fourth-order valence-corrected chi connectivity index (χ4v) is 1.05. The Hall–Kier alpha value is -1.42. The molecule has 1 aromatic carbocycles. The summed E-state index contributed by atoms with van der Waals surface area (Å²) in [4.78, 5) is 0. The van der Waals surface area contributed by atoms with Crippen LogP contribution in [0.4, 0.5) is 8.78 Å². The number of rotatable bonds is 3. The highest BCUT2D eigenvalue weighted by Gasteiger charge is 2.07. The van der Waals surface area contributed by atoms with Crippen LogP contribution in [0.15, 0.2) is 30.3 Å². The molecule has 0 spiro atoms. The van der Waals surface area contributed by atoms with Crippen LogP contribution in [0.2, 0.25) is 0 Å². The number of benzene rings is 1. The van der Waals surface area contributed by atoms with Gasteiger partial charge in [-0.2, -0.15) is 8.78 Å². The Morgan fingerprint density at radius 1 is 1.29 bits per heavy atom. The van der Waals surface area contributed by atoms with E-state index in [1.807, 2.05) is 0 Å². The van der Waals surface area contributed by atoms with E-state index in [4.69, 9.17) is 9.84 Å². The van der Waals surface area contributed by atoms with Crippen molar-refractivity contribution < 1.29 is 18.6 Å². The molecule has 1 rings (SSSR count). The summed E-state index contributed by atoms with van der Waals surface area (Å²) in [6, 6.07) is 6.08. The molecule has 0 bridgehead atoms. The maximum absolute atomic E-state index is 12.3. The second-order valence-corrected chi connectivity index (χ2v) is 2.63. The fraction of sp³-hybridized carbons (Fsp3) is 0.200. The van der Waals surface area contributed by atoms with Crippen molar-refractivity contribution in [3.63, 3.8) is 0 Å². The molecular formula is C10H10F2O2. The minimum Gasteiger partial charge on any atom is -0.497 e. The molecule has 1 aromatic rings. The largest absolute Gasteiger partial charge is 0.497 e. The molecule has 0 saturated heterocycles. The van der Waals surface area contributed by atoms with Crippen LogP contribution >= 0.6 is 0 Å². The lowest BCUT2D eigenvalue weighted by atomic mass is 10.1. The number of aliphatic hydroxyl groups excluding tert-OH is 1. The van der Waals surface area contributed by atoms with E-state index >= 15 is 0 Å². The van der Waals surface area contributed by atoms with Crippen LogP contribution in [-0.2, 0) is 0 Å². The molecule has 14 heavy (non-hydrogen) atoms. The quantitative estimate of drug-likeness (QED) is 0.811. The SMILES string of the molecule is COc1ccc(C(CO)=C(F)F)cc1. The minimum absolute atomic E-state index is 0.299. The summed E-state index contributed by atoms with van der Waals surface area (Å²) in [5.74, 6) is 0.588. The van der Waals surface area contributed by atoms with Gasteiger partial charge in [-0.25, -0.2) is 0 Å². The van der Waals surface area contributed by atoms with E-state index in [0.717, 1.165) is 0 Å². The van der Waals surface area contributed by atoms with Gasteiger partial charge in [0.1, 0.15) is 5.75 Å². The number of hydrogen-bond donors (Lipinski definition) is 1. The van der Waals surface area contributed by atoms with Crippen molar-refractivity contribution in [1.29, 1.82) is 0 Å². The molecule has 0 aliphatic heterocycles. The molecule has 0 atom stereocenters. The first-order valence-electron chi connectivity index (χ1n) is 3.98. The van der Waals surface area contributed by atoms with E-state index in [0.29, 0.717) is 11.3 Å². The van der Waals surface area contributed by atoms with Crippen LogP contribution in [0.1, 0.15) is 5.56 Å². The van der Waals surface area contributed by atoms with Gasteiger partial charge in [0.2, 0.25) is 0 Å². The van der Waals surface area contributed by atoms with Gasteiger partial charge in [-0.05, 0) is 17.7 Å². The van der Waals surface area contributed by atoms with Gasteiger partial charge in [-0.15, -0.1) is 0 Å². The summed E-state index contributed by atoms with van der Waals surface area (Å²) in [6.45, 7) is -0.672. The van der Waals surface area contributed by atoms with Crippen molar-refractivity contribution in [3.05, 3.63) is 35.9 Å². The summed E-state index contributed by atoms with van der Waals surface area (Å²) >= 11 is 0. The van der Waals surface area contributed by atoms with E-state index in [-0.39, 0.29) is 5.57 Å². The molecule has 1 N–H and O–H groups in total. The van der Waals surface area contributed by atoms with E-state index in [1.165, 1.54) is 19.2 Å². The van der Waals surface area contributed by atoms with Crippen molar-refractivity contribution in [2.24, 2.45) is 0 Å². The topological polar surface area (TPSA) is 29.5 Å². The maximum atomic E-state index is 12.3. The third kappa shape index (κ3) is 2.29. The number of ether oxygens (including phenoxy) is 1. The summed E-state index contributed by atoms with van der Waals surface area (Å²) in [5.41, 5.74) is -0.0547. The second kappa shape index (κ2) is 4.72. The molecule has 0 amide bonds. The summed E-state index contributed by atoms with van der Waals surface area (Å²) in [6.07, 6.45) is -1.86. The van der Waals surface area contributed by atoms with E-state index in [2.05, 4.69) is 0 Å². The van der Waals surface area contributed by atoms with Gasteiger partial charge in [-0.1, -0.05) is 12.1 Å². The summed E-state index contributed by atoms with van der Waals surface area (Å²) < 4.78 is 29.4. The highest BCUT2D eigenvalue weighted by Crippen LogP contribution is 2.22. The molecule has 0 radical (unpaired) electrons. The van der Waals surface area contributed by atoms with E-state index in [9.17, 15) is 8.78 Å². The number of methoxy groups -OCH3 is 1. The Balaban J connectivity index is 3.02. The van der Waals surface area contributed by atoms with Gasteiger partial charge in [0.25, 0.3) is 6.08 Å². The van der Waals surface area contributed by atoms with Crippen molar-refractivity contribution in [2.75, 3.05) is 13.7 Å². The lowest BCUT2D eigenvalue weighted by Crippen LogP contribution is -1.92. The highest BCUT2D eigenvalue weighted by atomic mass is 19.3. The summed E-state index contributed by atoms with van der Waals surface area (Å²) in [7, 11) is 1.49. The molecule has 76 valence electrons. The first kappa shape index (κ1) is 10.7. The van der Waals surface area contributed by atoms with Gasteiger partial charge in [0.15, 0.2) is 0 Å². The first-order chi connectivity index (χ1) is 6.69. The van der Waals surface area contributed by atoms with Crippen molar-refractivity contribution in [3.8, 4) is 5.75 Å². The predicted molar refractivity (Wildman–Crippen MR) is 49.2 cm³/mol. The van der Waals surface area contributed by atoms with Crippen LogP contribution in [0.5, 0.6) is 5.75 Å². The van der Waals surface area contributed by atoms with Crippen molar-refractivity contribution in [1.82, 2.24) is 0 Å². The zero-order chi connectivity index (χ0) is 10.6. The summed E-state index contributed by atoms with van der Waals surface area (Å²) in [5, 5.41) is 8.71. The first-order valence-corrected chi connectivity index (χ1v) is 3.98. The second-order valence-electron chi connectivity index (χ2n) is 2.63. The van der Waals surface area contributed by atoms with Gasteiger partial charge in [-0.3, -0.25) is 0 Å². The molecule has 0 heterocycles. The Kier molecular flexibility index (Phi) is 3.59. The van der Waals surface area contributed by atoms with Gasteiger partial charge < -0.3 is 9.84 Å². The predicted octanol–water partition coefficient (Wildman–Crippen LogP) is 2.30. The molecule has 2 nitrogen and oxygen atoms in total. The molecule has 0 unspecified atom stereocenters. The van der Waals surface area contributed by atoms with Gasteiger partial charge in [0, 0.05) is 5.57 Å². The highest BCUT2D eigenvalue weighted by molar-refractivity contribution is 5.67. The Labute approximate surface area is 80.4 Å². The van der Waals surface area contributed by atoms with Crippen LogP contribution in [-0.4, -0.2) is 18.8 Å². The van der Waals surface area contributed by atoms with E-state index < -0.39 is 12.7 Å². The van der Waals surface area contributed by atoms with Crippen LogP contribution in [0, 0.1) is 0 Å². The van der Waals surface area contributed by atoms with Crippen molar-refractivity contribution >= 4 is 5.57 Å². The Bertz CT molecular complexity index is 326. The van der Waals surface area contributed by atoms with Gasteiger partial charge in [0.05, 0.1) is 13.7 Å². The maximum Gasteiger partial charge on any atom is 0.276 e. The average molecular weight is 200 g/mol. The minimum atomic E-state index is -1.86. The molecule has 0 aromatic heterocycles. The zero-order valence-electron chi connectivity index (χ0n) is 7.63. The molecule has 0 aliphatic carbocycles. The van der Waals surface area contributed by atoms with Crippen LogP contribution in [0.25, 0.3) is 5.57 Å². The lowest BCUT2D eigenvalue weighted by Gasteiger charge is -2.04. The molecular weight excluding hydrogens is 190 g/mol. The smallest absolute Gasteiger partial charge is 0.276 e. The molecule has 4 heteroatoms. The van der Waals surface area contributed by atoms with Crippen LogP contribution < -0.4 is 4.74 Å². The third-order valence-electron chi connectivity index (χ3n) is 1.82. The average Bonchev–Trinajstić information content (AvgIpc) is 2.19. The van der Waals surface area contributed by atoms with Crippen molar-refractivity contribution in [2.45, 2.75) is 0 Å². The Morgan fingerprint density at radius 2 is 1.86 bits per heavy atom. The molecule has 0 aliphatic rings.